The highest BCUT2D eigenvalue weighted by atomic mass is 32.2. The molecule has 0 aliphatic carbocycles. The summed E-state index contributed by atoms with van der Waals surface area (Å²) in [5.41, 5.74) is 0. The maximum absolute atomic E-state index is 12.2. The number of sulfonamides is 1. The molecule has 0 spiro atoms. The first-order valence-electron chi connectivity index (χ1n) is 5.27. The summed E-state index contributed by atoms with van der Waals surface area (Å²) in [7, 11) is -2.55. The number of likely N-dealkylation sites (N-methyl/N-ethyl adjacent to an activating group) is 1. The monoisotopic (exact) mass is 273 g/mol. The first-order valence-corrected chi connectivity index (χ1v) is 6.71. The van der Waals surface area contributed by atoms with Gasteiger partial charge in [-0.1, -0.05) is 6.92 Å². The summed E-state index contributed by atoms with van der Waals surface area (Å²) in [6, 6.07) is 5.12. The van der Waals surface area contributed by atoms with E-state index in [9.17, 15) is 13.2 Å². The first-order chi connectivity index (χ1) is 8.41. The highest BCUT2D eigenvalue weighted by molar-refractivity contribution is 7.89. The standard InChI is InChI=1S/C11H15NO5S/c1-3-12(8-11(14)17-2)18(15,16)10-6-4-9(13)5-7-10/h4-7,13H,3,8H2,1-2H3. The van der Waals surface area contributed by atoms with E-state index in [2.05, 4.69) is 4.74 Å². The average molecular weight is 273 g/mol. The van der Waals surface area contributed by atoms with Gasteiger partial charge in [-0.2, -0.15) is 4.31 Å². The fourth-order valence-electron chi connectivity index (χ4n) is 1.34. The minimum absolute atomic E-state index is 0.0195. The lowest BCUT2D eigenvalue weighted by atomic mass is 10.3. The fraction of sp³-hybridized carbons (Fsp3) is 0.364. The second-order valence-electron chi connectivity index (χ2n) is 3.50. The summed E-state index contributed by atoms with van der Waals surface area (Å²) in [5, 5.41) is 9.12. The number of rotatable bonds is 5. The van der Waals surface area contributed by atoms with E-state index in [1.54, 1.807) is 6.92 Å². The summed E-state index contributed by atoms with van der Waals surface area (Å²) in [6.45, 7) is 1.44. The minimum Gasteiger partial charge on any atom is -0.508 e. The number of phenols is 1. The van der Waals surface area contributed by atoms with Gasteiger partial charge in [0.15, 0.2) is 0 Å². The Labute approximate surface area is 106 Å². The van der Waals surface area contributed by atoms with Crippen LogP contribution in [0, 0.1) is 0 Å². The van der Waals surface area contributed by atoms with Crippen LogP contribution in [0.25, 0.3) is 0 Å². The first kappa shape index (κ1) is 14.5. The topological polar surface area (TPSA) is 83.9 Å². The number of hydrogen-bond acceptors (Lipinski definition) is 5. The normalized spacial score (nSPS) is 11.5. The molecule has 1 rings (SSSR count). The third-order valence-corrected chi connectivity index (χ3v) is 4.30. The molecule has 1 N–H and O–H groups in total. The van der Waals surface area contributed by atoms with E-state index in [4.69, 9.17) is 5.11 Å². The Bertz CT molecular complexity index is 509. The number of phenolic OH excluding ortho intramolecular Hbond substituents is 1. The lowest BCUT2D eigenvalue weighted by molar-refractivity contribution is -0.140. The summed E-state index contributed by atoms with van der Waals surface area (Å²) >= 11 is 0. The molecule has 0 saturated carbocycles. The maximum Gasteiger partial charge on any atom is 0.321 e. The van der Waals surface area contributed by atoms with Crippen LogP contribution in [-0.2, 0) is 19.6 Å². The number of aromatic hydroxyl groups is 1. The van der Waals surface area contributed by atoms with Gasteiger partial charge >= 0.3 is 5.97 Å². The molecule has 0 aliphatic rings. The minimum atomic E-state index is -3.75. The van der Waals surface area contributed by atoms with Crippen molar-refractivity contribution in [2.45, 2.75) is 11.8 Å². The Balaban J connectivity index is 3.03. The van der Waals surface area contributed by atoms with Crippen LogP contribution in [-0.4, -0.2) is 44.0 Å². The zero-order valence-corrected chi connectivity index (χ0v) is 11.0. The molecule has 100 valence electrons. The zero-order valence-electron chi connectivity index (χ0n) is 10.2. The van der Waals surface area contributed by atoms with Gasteiger partial charge in [-0.05, 0) is 24.3 Å². The second-order valence-corrected chi connectivity index (χ2v) is 5.44. The third kappa shape index (κ3) is 3.21. The molecule has 1 aromatic rings. The van der Waals surface area contributed by atoms with Crippen LogP contribution in [0.3, 0.4) is 0 Å². The summed E-state index contributed by atoms with van der Waals surface area (Å²) in [4.78, 5) is 11.2. The van der Waals surface area contributed by atoms with E-state index in [1.165, 1.54) is 31.4 Å². The molecule has 18 heavy (non-hydrogen) atoms. The average Bonchev–Trinajstić information content (AvgIpc) is 2.35. The van der Waals surface area contributed by atoms with Gasteiger partial charge in [-0.25, -0.2) is 8.42 Å². The van der Waals surface area contributed by atoms with Crippen LogP contribution < -0.4 is 0 Å². The molecular weight excluding hydrogens is 258 g/mol. The summed E-state index contributed by atoms with van der Waals surface area (Å²) in [5.74, 6) is -0.649. The lowest BCUT2D eigenvalue weighted by Gasteiger charge is -2.19. The van der Waals surface area contributed by atoms with Crippen molar-refractivity contribution in [2.75, 3.05) is 20.2 Å². The SMILES string of the molecule is CCN(CC(=O)OC)S(=O)(=O)c1ccc(O)cc1. The van der Waals surface area contributed by atoms with Crippen molar-refractivity contribution in [3.8, 4) is 5.75 Å². The van der Waals surface area contributed by atoms with Gasteiger partial charge in [0.05, 0.1) is 12.0 Å². The molecule has 0 aliphatic heterocycles. The van der Waals surface area contributed by atoms with E-state index >= 15 is 0 Å². The Morgan fingerprint density at radius 2 is 1.89 bits per heavy atom. The molecule has 7 heteroatoms. The van der Waals surface area contributed by atoms with E-state index in [-0.39, 0.29) is 23.7 Å². The Kier molecular flexibility index (Phi) is 4.69. The van der Waals surface area contributed by atoms with Crippen LogP contribution in [0.1, 0.15) is 6.92 Å². The van der Waals surface area contributed by atoms with Crippen LogP contribution in [0.4, 0.5) is 0 Å². The van der Waals surface area contributed by atoms with E-state index in [0.29, 0.717) is 0 Å². The molecule has 0 fully saturated rings. The number of carbonyl (C=O) groups is 1. The Hall–Kier alpha value is -1.60. The van der Waals surface area contributed by atoms with Gasteiger partial charge in [0.1, 0.15) is 12.3 Å². The van der Waals surface area contributed by atoms with Crippen LogP contribution >= 0.6 is 0 Å². The van der Waals surface area contributed by atoms with Crippen molar-refractivity contribution in [3.63, 3.8) is 0 Å². The molecule has 1 aromatic carbocycles. The number of methoxy groups -OCH3 is 1. The largest absolute Gasteiger partial charge is 0.508 e. The molecule has 6 nitrogen and oxygen atoms in total. The van der Waals surface area contributed by atoms with Crippen molar-refractivity contribution in [1.82, 2.24) is 4.31 Å². The summed E-state index contributed by atoms with van der Waals surface area (Å²) < 4.78 is 29.8. The molecule has 0 bridgehead atoms. The third-order valence-electron chi connectivity index (χ3n) is 2.36. The van der Waals surface area contributed by atoms with Crippen LogP contribution in [0.5, 0.6) is 5.75 Å². The van der Waals surface area contributed by atoms with Gasteiger partial charge in [-0.15, -0.1) is 0 Å². The highest BCUT2D eigenvalue weighted by Gasteiger charge is 2.25. The number of carbonyl (C=O) groups excluding carboxylic acids is 1. The second kappa shape index (κ2) is 5.83. The van der Waals surface area contributed by atoms with E-state index in [0.717, 1.165) is 4.31 Å². The predicted molar refractivity (Wildman–Crippen MR) is 64.6 cm³/mol. The van der Waals surface area contributed by atoms with Gasteiger partial charge in [-0.3, -0.25) is 4.79 Å². The van der Waals surface area contributed by atoms with Gasteiger partial charge in [0.25, 0.3) is 0 Å². The molecule has 0 atom stereocenters. The molecule has 0 heterocycles. The Morgan fingerprint density at radius 3 is 2.33 bits per heavy atom. The maximum atomic E-state index is 12.2. The van der Waals surface area contributed by atoms with E-state index in [1.807, 2.05) is 0 Å². The number of benzene rings is 1. The molecule has 0 radical (unpaired) electrons. The molecule has 0 saturated heterocycles. The van der Waals surface area contributed by atoms with Gasteiger partial charge < -0.3 is 9.84 Å². The molecule has 0 unspecified atom stereocenters. The molecule has 0 amide bonds. The van der Waals surface area contributed by atoms with Gasteiger partial charge in [0, 0.05) is 6.54 Å². The number of esters is 1. The van der Waals surface area contributed by atoms with Crippen molar-refractivity contribution in [2.24, 2.45) is 0 Å². The zero-order chi connectivity index (χ0) is 13.8. The van der Waals surface area contributed by atoms with Crippen LogP contribution in [0.15, 0.2) is 29.2 Å². The van der Waals surface area contributed by atoms with Crippen molar-refractivity contribution in [1.29, 1.82) is 0 Å². The lowest BCUT2D eigenvalue weighted by Crippen LogP contribution is -2.36. The van der Waals surface area contributed by atoms with Crippen molar-refractivity contribution >= 4 is 16.0 Å². The van der Waals surface area contributed by atoms with Crippen molar-refractivity contribution in [3.05, 3.63) is 24.3 Å². The van der Waals surface area contributed by atoms with Crippen LogP contribution in [0.2, 0.25) is 0 Å². The van der Waals surface area contributed by atoms with E-state index < -0.39 is 16.0 Å². The predicted octanol–water partition coefficient (Wildman–Crippen LogP) is 0.576. The fourth-order valence-corrected chi connectivity index (χ4v) is 2.74. The number of ether oxygens (including phenoxy) is 1. The Morgan fingerprint density at radius 1 is 1.33 bits per heavy atom. The van der Waals surface area contributed by atoms with Gasteiger partial charge in [0.2, 0.25) is 10.0 Å². The number of nitrogens with zero attached hydrogens (tertiary/aromatic N) is 1. The molecule has 0 aromatic heterocycles. The molecular formula is C11H15NO5S. The number of hydrogen-bond donors (Lipinski definition) is 1. The van der Waals surface area contributed by atoms with Crippen molar-refractivity contribution < 1.29 is 23.1 Å². The highest BCUT2D eigenvalue weighted by Crippen LogP contribution is 2.18. The quantitative estimate of drug-likeness (QED) is 0.793. The summed E-state index contributed by atoms with van der Waals surface area (Å²) in [6.07, 6.45) is 0. The smallest absolute Gasteiger partial charge is 0.321 e.